The van der Waals surface area contributed by atoms with Crippen molar-refractivity contribution in [2.24, 2.45) is 0 Å². The van der Waals surface area contributed by atoms with E-state index >= 15 is 0 Å². The van der Waals surface area contributed by atoms with Crippen molar-refractivity contribution in [1.29, 1.82) is 0 Å². The molecule has 0 radical (unpaired) electrons. The maximum absolute atomic E-state index is 9.56. The number of rotatable bonds is 1. The molecule has 2 aromatic carbocycles. The highest BCUT2D eigenvalue weighted by Crippen LogP contribution is 2.27. The maximum Gasteiger partial charge on any atom is 0.123 e. The molecule has 0 saturated carbocycles. The fraction of sp³-hybridized carbons (Fsp3) is 0. The minimum Gasteiger partial charge on any atom is -0.507 e. The van der Waals surface area contributed by atoms with Gasteiger partial charge in [0, 0.05) is 5.56 Å². The first-order chi connectivity index (χ1) is 6.38. The Morgan fingerprint density at radius 3 is 1.93 bits per heavy atom. The minimum absolute atomic E-state index is 0. The van der Waals surface area contributed by atoms with Gasteiger partial charge in [-0.05, 0) is 11.6 Å². The summed E-state index contributed by atoms with van der Waals surface area (Å²) in [6.07, 6.45) is 0. The largest absolute Gasteiger partial charge is 0.507 e. The van der Waals surface area contributed by atoms with Crippen LogP contribution in [0.1, 0.15) is 0 Å². The van der Waals surface area contributed by atoms with Gasteiger partial charge < -0.3 is 5.11 Å². The Bertz CT molecular complexity index is 398. The molecule has 0 atom stereocenters. The summed E-state index contributed by atoms with van der Waals surface area (Å²) in [7, 11) is 0. The third kappa shape index (κ3) is 2.26. The van der Waals surface area contributed by atoms with Crippen molar-refractivity contribution in [2.75, 3.05) is 0 Å². The Balaban J connectivity index is 0.000000980. The van der Waals surface area contributed by atoms with Crippen molar-refractivity contribution < 1.29 is 5.11 Å². The summed E-state index contributed by atoms with van der Waals surface area (Å²) in [5.74, 6) is 0.328. The molecular weight excluding hydrogens is 287 g/mol. The number of para-hydroxylation sites is 1. The van der Waals surface area contributed by atoms with E-state index in [2.05, 4.69) is 0 Å². The number of aromatic hydroxyl groups is 1. The van der Waals surface area contributed by atoms with Crippen molar-refractivity contribution in [1.82, 2.24) is 0 Å². The lowest BCUT2D eigenvalue weighted by molar-refractivity contribution is 0.477. The zero-order valence-electron chi connectivity index (χ0n) is 7.55. The molecule has 72 valence electrons. The molecule has 0 heterocycles. The summed E-state index contributed by atoms with van der Waals surface area (Å²) in [5.41, 5.74) is 1.92. The molecule has 2 aromatic rings. The number of hydrogen-bond donors (Lipinski definition) is 1. The van der Waals surface area contributed by atoms with Gasteiger partial charge in [0.25, 0.3) is 0 Å². The quantitative estimate of drug-likeness (QED) is 0.796. The zero-order valence-corrected chi connectivity index (χ0v) is 9.88. The van der Waals surface area contributed by atoms with Gasteiger partial charge in [0.2, 0.25) is 0 Å². The molecule has 2 rings (SSSR count). The number of phenols is 1. The van der Waals surface area contributed by atoms with Gasteiger partial charge in [-0.3, -0.25) is 0 Å². The predicted octanol–water partition coefficient (Wildman–Crippen LogP) is 3.68. The van der Waals surface area contributed by atoms with E-state index in [1.165, 1.54) is 0 Å². The van der Waals surface area contributed by atoms with Gasteiger partial charge in [0.05, 0.1) is 0 Å². The Morgan fingerprint density at radius 1 is 0.714 bits per heavy atom. The standard InChI is InChI=1S/C12H10O.HI/c13-12-9-5-4-8-11(12)10-6-2-1-3-7-10;/h1-9,13H;1H. The lowest BCUT2D eigenvalue weighted by Crippen LogP contribution is -1.76. The highest BCUT2D eigenvalue weighted by molar-refractivity contribution is 14.0. The van der Waals surface area contributed by atoms with Crippen LogP contribution < -0.4 is 0 Å². The van der Waals surface area contributed by atoms with Gasteiger partial charge in [-0.15, -0.1) is 24.0 Å². The molecule has 0 amide bonds. The van der Waals surface area contributed by atoms with Crippen molar-refractivity contribution in [2.45, 2.75) is 0 Å². The van der Waals surface area contributed by atoms with Gasteiger partial charge in [-0.1, -0.05) is 48.5 Å². The molecule has 0 bridgehead atoms. The Morgan fingerprint density at radius 2 is 1.29 bits per heavy atom. The number of halogens is 1. The van der Waals surface area contributed by atoms with Crippen LogP contribution in [-0.2, 0) is 0 Å². The van der Waals surface area contributed by atoms with Crippen LogP contribution in [-0.4, -0.2) is 5.11 Å². The summed E-state index contributed by atoms with van der Waals surface area (Å²) < 4.78 is 0. The van der Waals surface area contributed by atoms with Crippen LogP contribution in [0.4, 0.5) is 0 Å². The fourth-order valence-electron chi connectivity index (χ4n) is 1.34. The van der Waals surface area contributed by atoms with Gasteiger partial charge in [-0.2, -0.15) is 0 Å². The number of hydrogen-bond acceptors (Lipinski definition) is 1. The predicted molar refractivity (Wildman–Crippen MR) is 69.0 cm³/mol. The van der Waals surface area contributed by atoms with Crippen molar-refractivity contribution in [3.63, 3.8) is 0 Å². The molecule has 2 heteroatoms. The molecule has 0 aliphatic rings. The fourth-order valence-corrected chi connectivity index (χ4v) is 1.34. The first-order valence-corrected chi connectivity index (χ1v) is 4.21. The van der Waals surface area contributed by atoms with Crippen molar-refractivity contribution in [3.05, 3.63) is 54.6 Å². The summed E-state index contributed by atoms with van der Waals surface area (Å²) in [6.45, 7) is 0. The maximum atomic E-state index is 9.56. The van der Waals surface area contributed by atoms with E-state index in [1.807, 2.05) is 48.5 Å². The SMILES string of the molecule is I.Oc1ccccc1-c1ccccc1. The van der Waals surface area contributed by atoms with Crippen LogP contribution in [0.3, 0.4) is 0 Å². The van der Waals surface area contributed by atoms with Crippen LogP contribution >= 0.6 is 24.0 Å². The van der Waals surface area contributed by atoms with Crippen LogP contribution in [0.5, 0.6) is 5.75 Å². The molecule has 1 nitrogen and oxygen atoms in total. The Hall–Kier alpha value is -1.03. The molecule has 0 saturated heterocycles. The van der Waals surface area contributed by atoms with Gasteiger partial charge in [0.1, 0.15) is 5.75 Å². The highest BCUT2D eigenvalue weighted by Gasteiger charge is 2.00. The Kier molecular flexibility index (Phi) is 3.95. The molecule has 0 aliphatic heterocycles. The van der Waals surface area contributed by atoms with E-state index < -0.39 is 0 Å². The second-order valence-electron chi connectivity index (χ2n) is 2.88. The molecule has 0 aliphatic carbocycles. The monoisotopic (exact) mass is 298 g/mol. The second-order valence-corrected chi connectivity index (χ2v) is 2.88. The molecule has 0 fully saturated rings. The second kappa shape index (κ2) is 5.00. The van der Waals surface area contributed by atoms with E-state index in [1.54, 1.807) is 6.07 Å². The van der Waals surface area contributed by atoms with Crippen LogP contribution in [0.2, 0.25) is 0 Å². The van der Waals surface area contributed by atoms with E-state index in [0.29, 0.717) is 5.75 Å². The lowest BCUT2D eigenvalue weighted by atomic mass is 10.1. The summed E-state index contributed by atoms with van der Waals surface area (Å²) in [6, 6.07) is 17.2. The molecular formula is C12H11IO. The van der Waals surface area contributed by atoms with Crippen LogP contribution in [0.15, 0.2) is 54.6 Å². The first-order valence-electron chi connectivity index (χ1n) is 4.21. The van der Waals surface area contributed by atoms with Crippen molar-refractivity contribution in [3.8, 4) is 16.9 Å². The van der Waals surface area contributed by atoms with E-state index in [4.69, 9.17) is 0 Å². The van der Waals surface area contributed by atoms with Gasteiger partial charge in [0.15, 0.2) is 0 Å². The third-order valence-corrected chi connectivity index (χ3v) is 1.99. The van der Waals surface area contributed by atoms with E-state index in [0.717, 1.165) is 11.1 Å². The van der Waals surface area contributed by atoms with Crippen molar-refractivity contribution >= 4 is 24.0 Å². The number of phenolic OH excluding ortho intramolecular Hbond substituents is 1. The lowest BCUT2D eigenvalue weighted by Gasteiger charge is -2.02. The average Bonchev–Trinajstić information content (AvgIpc) is 2.20. The molecule has 0 unspecified atom stereocenters. The smallest absolute Gasteiger partial charge is 0.123 e. The van der Waals surface area contributed by atoms with Gasteiger partial charge >= 0.3 is 0 Å². The van der Waals surface area contributed by atoms with E-state index in [9.17, 15) is 5.11 Å². The molecule has 1 N–H and O–H groups in total. The molecule has 14 heavy (non-hydrogen) atoms. The summed E-state index contributed by atoms with van der Waals surface area (Å²) in [4.78, 5) is 0. The summed E-state index contributed by atoms with van der Waals surface area (Å²) >= 11 is 0. The topological polar surface area (TPSA) is 20.2 Å². The normalized spacial score (nSPS) is 9.14. The zero-order chi connectivity index (χ0) is 9.10. The van der Waals surface area contributed by atoms with Gasteiger partial charge in [-0.25, -0.2) is 0 Å². The Labute approximate surface area is 100 Å². The molecule has 0 spiro atoms. The first kappa shape index (κ1) is 11.0. The molecule has 0 aromatic heterocycles. The highest BCUT2D eigenvalue weighted by atomic mass is 127. The van der Waals surface area contributed by atoms with Crippen LogP contribution in [0.25, 0.3) is 11.1 Å². The van der Waals surface area contributed by atoms with E-state index in [-0.39, 0.29) is 24.0 Å². The average molecular weight is 298 g/mol. The van der Waals surface area contributed by atoms with Crippen LogP contribution in [0, 0.1) is 0 Å². The minimum atomic E-state index is 0. The number of benzene rings is 2. The summed E-state index contributed by atoms with van der Waals surface area (Å²) in [5, 5.41) is 9.56. The third-order valence-electron chi connectivity index (χ3n) is 1.99.